The number of rotatable bonds is 6. The number of nitrogens with zero attached hydrogens (tertiary/aromatic N) is 3. The summed E-state index contributed by atoms with van der Waals surface area (Å²) in [6.45, 7) is 4.03. The summed E-state index contributed by atoms with van der Waals surface area (Å²) >= 11 is 6.37. The van der Waals surface area contributed by atoms with Crippen molar-refractivity contribution in [3.8, 4) is 5.69 Å². The van der Waals surface area contributed by atoms with Crippen LogP contribution in [0.4, 0.5) is 0 Å². The number of hydrogen-bond acceptors (Lipinski definition) is 5. The van der Waals surface area contributed by atoms with Crippen LogP contribution < -0.4 is 0 Å². The van der Waals surface area contributed by atoms with Gasteiger partial charge in [-0.05, 0) is 32.1 Å². The Morgan fingerprint density at radius 2 is 2.00 bits per heavy atom. The zero-order chi connectivity index (χ0) is 20.3. The van der Waals surface area contributed by atoms with Crippen LogP contribution in [0.2, 0.25) is 0 Å². The van der Waals surface area contributed by atoms with Crippen LogP contribution in [0.15, 0.2) is 47.4 Å². The smallest absolute Gasteiger partial charge is 0.305 e. The van der Waals surface area contributed by atoms with E-state index in [0.717, 1.165) is 22.6 Å². The normalized spacial score (nSPS) is 15.9. The maximum atomic E-state index is 12.4. The van der Waals surface area contributed by atoms with E-state index in [1.807, 2.05) is 54.9 Å². The number of thiocarbonyl (C=S) groups is 1. The van der Waals surface area contributed by atoms with E-state index in [1.165, 1.54) is 16.7 Å². The van der Waals surface area contributed by atoms with Gasteiger partial charge in [0.2, 0.25) is 0 Å². The summed E-state index contributed by atoms with van der Waals surface area (Å²) in [7, 11) is 0. The molecule has 1 aliphatic rings. The minimum absolute atomic E-state index is 0.0864. The minimum Gasteiger partial charge on any atom is -0.481 e. The van der Waals surface area contributed by atoms with Gasteiger partial charge in [0.1, 0.15) is 4.32 Å². The largest absolute Gasteiger partial charge is 0.481 e. The van der Waals surface area contributed by atoms with Crippen LogP contribution in [0.1, 0.15) is 23.4 Å². The Labute approximate surface area is 172 Å². The maximum absolute atomic E-state index is 12.4. The Balaban J connectivity index is 1.78. The molecule has 1 aromatic heterocycles. The number of para-hydroxylation sites is 1. The van der Waals surface area contributed by atoms with Gasteiger partial charge in [-0.25, -0.2) is 4.68 Å². The number of allylic oxidation sites excluding steroid dienone is 2. The first-order valence-corrected chi connectivity index (χ1v) is 9.86. The summed E-state index contributed by atoms with van der Waals surface area (Å²) < 4.78 is 2.27. The molecule has 1 aliphatic heterocycles. The molecule has 144 valence electrons. The molecule has 0 aliphatic carbocycles. The van der Waals surface area contributed by atoms with Crippen molar-refractivity contribution in [1.29, 1.82) is 0 Å². The highest BCUT2D eigenvalue weighted by Crippen LogP contribution is 2.31. The molecule has 28 heavy (non-hydrogen) atoms. The SMILES string of the molecule is Cc1nn(-c2ccccc2)c(C)c1C=CC=C1SC(=S)N(CCC(=O)O)C1=O. The molecular weight excluding hydrogens is 394 g/mol. The number of carboxylic acid groups (broad SMARTS) is 1. The molecule has 6 nitrogen and oxygen atoms in total. The quantitative estimate of drug-likeness (QED) is 0.575. The number of aliphatic carboxylic acids is 1. The summed E-state index contributed by atoms with van der Waals surface area (Å²) in [5.74, 6) is -1.21. The van der Waals surface area contributed by atoms with Gasteiger partial charge in [0, 0.05) is 17.8 Å². The van der Waals surface area contributed by atoms with Crippen molar-refractivity contribution < 1.29 is 14.7 Å². The summed E-state index contributed by atoms with van der Waals surface area (Å²) in [5.41, 5.74) is 3.87. The van der Waals surface area contributed by atoms with E-state index in [-0.39, 0.29) is 18.9 Å². The van der Waals surface area contributed by atoms with Crippen LogP contribution >= 0.6 is 24.0 Å². The Hall–Kier alpha value is -2.71. The minimum atomic E-state index is -0.959. The van der Waals surface area contributed by atoms with Gasteiger partial charge >= 0.3 is 5.97 Å². The van der Waals surface area contributed by atoms with Crippen LogP contribution in [0, 0.1) is 13.8 Å². The lowest BCUT2D eigenvalue weighted by Crippen LogP contribution is -2.30. The first kappa shape index (κ1) is 20.0. The second-order valence-electron chi connectivity index (χ2n) is 6.19. The molecule has 1 saturated heterocycles. The predicted octanol–water partition coefficient (Wildman–Crippen LogP) is 3.72. The van der Waals surface area contributed by atoms with Crippen molar-refractivity contribution in [3.05, 3.63) is 64.3 Å². The summed E-state index contributed by atoms with van der Waals surface area (Å²) in [6, 6.07) is 9.88. The third kappa shape index (κ3) is 4.23. The molecule has 8 heteroatoms. The van der Waals surface area contributed by atoms with Gasteiger partial charge in [0.15, 0.2) is 0 Å². The average molecular weight is 414 g/mol. The zero-order valence-corrected chi connectivity index (χ0v) is 17.1. The number of aryl methyl sites for hydroxylation is 1. The summed E-state index contributed by atoms with van der Waals surface area (Å²) in [4.78, 5) is 24.9. The highest BCUT2D eigenvalue weighted by atomic mass is 32.2. The Morgan fingerprint density at radius 1 is 1.29 bits per heavy atom. The van der Waals surface area contributed by atoms with Gasteiger partial charge < -0.3 is 5.11 Å². The zero-order valence-electron chi connectivity index (χ0n) is 15.5. The highest BCUT2D eigenvalue weighted by Gasteiger charge is 2.31. The molecule has 2 heterocycles. The van der Waals surface area contributed by atoms with Crippen LogP contribution in [0.25, 0.3) is 11.8 Å². The number of carbonyl (C=O) groups excluding carboxylic acids is 1. The first-order valence-electron chi connectivity index (χ1n) is 8.64. The van der Waals surface area contributed by atoms with Crippen molar-refractivity contribution in [2.45, 2.75) is 20.3 Å². The Kier molecular flexibility index (Phi) is 6.11. The van der Waals surface area contributed by atoms with E-state index in [9.17, 15) is 9.59 Å². The van der Waals surface area contributed by atoms with Crippen molar-refractivity contribution in [3.63, 3.8) is 0 Å². The molecule has 0 bridgehead atoms. The summed E-state index contributed by atoms with van der Waals surface area (Å²) in [6.07, 6.45) is 5.29. The molecule has 1 amide bonds. The third-order valence-corrected chi connectivity index (χ3v) is 5.68. The molecule has 3 rings (SSSR count). The molecule has 1 fully saturated rings. The topological polar surface area (TPSA) is 75.4 Å². The average Bonchev–Trinajstić information content (AvgIpc) is 3.10. The molecule has 0 atom stereocenters. The standard InChI is InChI=1S/C20H19N3O3S2/c1-13-16(14(2)23(21-13)15-7-4-3-5-8-15)9-6-10-17-19(26)22(20(27)28-17)12-11-18(24)25/h3-10H,11-12H2,1-2H3,(H,24,25). The summed E-state index contributed by atoms with van der Waals surface area (Å²) in [5, 5.41) is 13.4. The van der Waals surface area contributed by atoms with Crippen molar-refractivity contribution >= 4 is 46.3 Å². The van der Waals surface area contributed by atoms with Crippen LogP contribution in [-0.2, 0) is 9.59 Å². The molecule has 1 aromatic carbocycles. The van der Waals surface area contributed by atoms with E-state index >= 15 is 0 Å². The van der Waals surface area contributed by atoms with Crippen LogP contribution in [0.5, 0.6) is 0 Å². The molecule has 1 N–H and O–H groups in total. The predicted molar refractivity (Wildman–Crippen MR) is 114 cm³/mol. The van der Waals surface area contributed by atoms with Crippen LogP contribution in [0.3, 0.4) is 0 Å². The molecule has 0 spiro atoms. The van der Waals surface area contributed by atoms with E-state index in [1.54, 1.807) is 12.2 Å². The van der Waals surface area contributed by atoms with E-state index < -0.39 is 5.97 Å². The number of aromatic nitrogens is 2. The third-order valence-electron chi connectivity index (χ3n) is 4.28. The molecule has 0 radical (unpaired) electrons. The lowest BCUT2D eigenvalue weighted by molar-refractivity contribution is -0.137. The lowest BCUT2D eigenvalue weighted by atomic mass is 10.2. The van der Waals surface area contributed by atoms with Gasteiger partial charge in [-0.15, -0.1) is 0 Å². The second kappa shape index (κ2) is 8.53. The van der Waals surface area contributed by atoms with Gasteiger partial charge in [0.25, 0.3) is 5.91 Å². The van der Waals surface area contributed by atoms with Gasteiger partial charge in [-0.3, -0.25) is 14.5 Å². The Bertz CT molecular complexity index is 994. The number of amides is 1. The van der Waals surface area contributed by atoms with E-state index in [0.29, 0.717) is 9.23 Å². The van der Waals surface area contributed by atoms with Gasteiger partial charge in [0.05, 0.1) is 22.7 Å². The maximum Gasteiger partial charge on any atom is 0.305 e. The Morgan fingerprint density at radius 3 is 2.68 bits per heavy atom. The van der Waals surface area contributed by atoms with Gasteiger partial charge in [-0.2, -0.15) is 5.10 Å². The van der Waals surface area contributed by atoms with Crippen molar-refractivity contribution in [1.82, 2.24) is 14.7 Å². The fourth-order valence-corrected chi connectivity index (χ4v) is 4.12. The lowest BCUT2D eigenvalue weighted by Gasteiger charge is -2.12. The second-order valence-corrected chi connectivity index (χ2v) is 7.87. The fraction of sp³-hybridized carbons (Fsp3) is 0.200. The number of thioether (sulfide) groups is 1. The van der Waals surface area contributed by atoms with Crippen molar-refractivity contribution in [2.24, 2.45) is 0 Å². The molecular formula is C20H19N3O3S2. The fourth-order valence-electron chi connectivity index (χ4n) is 2.86. The molecule has 0 saturated carbocycles. The van der Waals surface area contributed by atoms with E-state index in [4.69, 9.17) is 17.3 Å². The van der Waals surface area contributed by atoms with Crippen LogP contribution in [-0.4, -0.2) is 42.5 Å². The van der Waals surface area contributed by atoms with Gasteiger partial charge in [-0.1, -0.05) is 54.3 Å². The highest BCUT2D eigenvalue weighted by molar-refractivity contribution is 8.26. The number of carboxylic acids is 1. The molecule has 0 unspecified atom stereocenters. The monoisotopic (exact) mass is 413 g/mol. The van der Waals surface area contributed by atoms with Crippen molar-refractivity contribution in [2.75, 3.05) is 6.54 Å². The number of hydrogen-bond donors (Lipinski definition) is 1. The van der Waals surface area contributed by atoms with E-state index in [2.05, 4.69) is 5.10 Å². The first-order chi connectivity index (χ1) is 13.4. The number of carbonyl (C=O) groups is 2. The molecule has 2 aromatic rings. The number of benzene rings is 1.